The van der Waals surface area contributed by atoms with E-state index in [2.05, 4.69) is 62.8 Å². The lowest BCUT2D eigenvalue weighted by Gasteiger charge is -2.04. The molecule has 2 aromatic rings. The van der Waals surface area contributed by atoms with Crippen LogP contribution in [0.3, 0.4) is 0 Å². The molecule has 0 fully saturated rings. The number of anilines is 1. The van der Waals surface area contributed by atoms with Crippen LogP contribution in [0.15, 0.2) is 21.2 Å². The standard InChI is InChI=1S/C7H6Br2N6/c8-4-1-5(9)7(10-2-4)11-3-6-12-14-15-13-6/h1-2H,3H2,(H,10,11)(H,12,13,14,15). The molecule has 0 saturated heterocycles. The average molecular weight is 334 g/mol. The van der Waals surface area contributed by atoms with Crippen molar-refractivity contribution in [2.24, 2.45) is 0 Å². The van der Waals surface area contributed by atoms with Crippen molar-refractivity contribution in [1.29, 1.82) is 0 Å². The van der Waals surface area contributed by atoms with Crippen LogP contribution in [0.1, 0.15) is 5.82 Å². The number of tetrazole rings is 1. The lowest BCUT2D eigenvalue weighted by Crippen LogP contribution is -2.03. The van der Waals surface area contributed by atoms with Crippen LogP contribution in [0.25, 0.3) is 0 Å². The Kier molecular flexibility index (Phi) is 3.27. The predicted molar refractivity (Wildman–Crippen MR) is 61.1 cm³/mol. The molecule has 0 aliphatic heterocycles. The molecule has 15 heavy (non-hydrogen) atoms. The summed E-state index contributed by atoms with van der Waals surface area (Å²) >= 11 is 6.72. The van der Waals surface area contributed by atoms with Gasteiger partial charge in [0.1, 0.15) is 5.82 Å². The fraction of sp³-hybridized carbons (Fsp3) is 0.143. The zero-order valence-corrected chi connectivity index (χ0v) is 10.6. The highest BCUT2D eigenvalue weighted by atomic mass is 79.9. The van der Waals surface area contributed by atoms with E-state index in [0.29, 0.717) is 12.4 Å². The van der Waals surface area contributed by atoms with E-state index < -0.39 is 0 Å². The van der Waals surface area contributed by atoms with E-state index in [0.717, 1.165) is 14.8 Å². The summed E-state index contributed by atoms with van der Waals surface area (Å²) in [4.78, 5) is 4.19. The molecule has 0 aliphatic rings. The minimum Gasteiger partial charge on any atom is -0.362 e. The number of H-pyrrole nitrogens is 1. The summed E-state index contributed by atoms with van der Waals surface area (Å²) in [5, 5.41) is 16.5. The number of nitrogens with one attached hydrogen (secondary N) is 2. The highest BCUT2D eigenvalue weighted by molar-refractivity contribution is 9.11. The SMILES string of the molecule is Brc1cnc(NCc2nn[nH]n2)c(Br)c1. The van der Waals surface area contributed by atoms with E-state index in [4.69, 9.17) is 0 Å². The molecule has 0 amide bonds. The molecule has 0 saturated carbocycles. The molecule has 8 heteroatoms. The van der Waals surface area contributed by atoms with Crippen LogP contribution in [0.2, 0.25) is 0 Å². The van der Waals surface area contributed by atoms with Gasteiger partial charge in [-0.1, -0.05) is 5.21 Å². The summed E-state index contributed by atoms with van der Waals surface area (Å²) in [5.41, 5.74) is 0. The maximum atomic E-state index is 4.19. The lowest BCUT2D eigenvalue weighted by molar-refractivity contribution is 0.881. The molecule has 78 valence electrons. The Balaban J connectivity index is 2.05. The van der Waals surface area contributed by atoms with E-state index in [1.165, 1.54) is 0 Å². The first-order valence-electron chi connectivity index (χ1n) is 4.03. The number of aromatic amines is 1. The first-order chi connectivity index (χ1) is 7.25. The Morgan fingerprint density at radius 2 is 2.27 bits per heavy atom. The van der Waals surface area contributed by atoms with Crippen LogP contribution in [-0.2, 0) is 6.54 Å². The Morgan fingerprint density at radius 3 is 2.93 bits per heavy atom. The van der Waals surface area contributed by atoms with Gasteiger partial charge in [0.2, 0.25) is 0 Å². The number of nitrogens with zero attached hydrogens (tertiary/aromatic N) is 4. The molecule has 2 rings (SSSR count). The molecular formula is C7H6Br2N6. The number of aromatic nitrogens is 5. The van der Waals surface area contributed by atoms with Crippen LogP contribution in [0.4, 0.5) is 5.82 Å². The van der Waals surface area contributed by atoms with Crippen molar-refractivity contribution in [3.8, 4) is 0 Å². The monoisotopic (exact) mass is 332 g/mol. The van der Waals surface area contributed by atoms with Crippen LogP contribution >= 0.6 is 31.9 Å². The van der Waals surface area contributed by atoms with Gasteiger partial charge in [-0.15, -0.1) is 10.2 Å². The normalized spacial score (nSPS) is 10.3. The van der Waals surface area contributed by atoms with Gasteiger partial charge in [0.15, 0.2) is 5.82 Å². The van der Waals surface area contributed by atoms with E-state index in [-0.39, 0.29) is 0 Å². The minimum absolute atomic E-state index is 0.476. The van der Waals surface area contributed by atoms with Crippen LogP contribution in [0, 0.1) is 0 Å². The Labute approximate surface area is 102 Å². The van der Waals surface area contributed by atoms with Crippen LogP contribution in [0.5, 0.6) is 0 Å². The van der Waals surface area contributed by atoms with Crippen LogP contribution < -0.4 is 5.32 Å². The van der Waals surface area contributed by atoms with E-state index in [1.54, 1.807) is 6.20 Å². The molecule has 6 nitrogen and oxygen atoms in total. The number of halogens is 2. The summed E-state index contributed by atoms with van der Waals surface area (Å²) in [5.74, 6) is 1.33. The second kappa shape index (κ2) is 4.67. The predicted octanol–water partition coefficient (Wildman–Crippen LogP) is 1.73. The van der Waals surface area contributed by atoms with Gasteiger partial charge in [-0.3, -0.25) is 0 Å². The third-order valence-electron chi connectivity index (χ3n) is 1.61. The Hall–Kier alpha value is -1.02. The molecule has 0 aromatic carbocycles. The van der Waals surface area contributed by atoms with E-state index in [9.17, 15) is 0 Å². The largest absolute Gasteiger partial charge is 0.362 e. The third kappa shape index (κ3) is 2.72. The fourth-order valence-corrected chi connectivity index (χ4v) is 2.09. The Morgan fingerprint density at radius 1 is 1.40 bits per heavy atom. The van der Waals surface area contributed by atoms with E-state index in [1.807, 2.05) is 6.07 Å². The van der Waals surface area contributed by atoms with Gasteiger partial charge in [0, 0.05) is 10.7 Å². The number of hydrogen-bond donors (Lipinski definition) is 2. The van der Waals surface area contributed by atoms with Crippen molar-refractivity contribution in [3.63, 3.8) is 0 Å². The highest BCUT2D eigenvalue weighted by Crippen LogP contribution is 2.23. The molecule has 0 bridgehead atoms. The topological polar surface area (TPSA) is 79.4 Å². The van der Waals surface area contributed by atoms with Gasteiger partial charge in [0.05, 0.1) is 11.0 Å². The first-order valence-corrected chi connectivity index (χ1v) is 5.61. The van der Waals surface area contributed by atoms with E-state index >= 15 is 0 Å². The molecular weight excluding hydrogens is 328 g/mol. The summed E-state index contributed by atoms with van der Waals surface area (Å²) < 4.78 is 1.79. The zero-order valence-electron chi connectivity index (χ0n) is 7.41. The molecule has 0 radical (unpaired) electrons. The molecule has 0 atom stereocenters. The van der Waals surface area contributed by atoms with Gasteiger partial charge in [-0.25, -0.2) is 4.98 Å². The van der Waals surface area contributed by atoms with Crippen molar-refractivity contribution in [3.05, 3.63) is 27.0 Å². The molecule has 2 N–H and O–H groups in total. The van der Waals surface area contributed by atoms with Gasteiger partial charge < -0.3 is 5.32 Å². The summed E-state index contributed by atoms with van der Waals surface area (Å²) in [7, 11) is 0. The number of rotatable bonds is 3. The second-order valence-corrected chi connectivity index (χ2v) is 4.44. The zero-order chi connectivity index (χ0) is 10.7. The van der Waals surface area contributed by atoms with Gasteiger partial charge in [-0.05, 0) is 37.9 Å². The quantitative estimate of drug-likeness (QED) is 0.894. The summed E-state index contributed by atoms with van der Waals surface area (Å²) in [6.07, 6.45) is 1.71. The molecule has 2 heterocycles. The molecule has 0 spiro atoms. The van der Waals surface area contributed by atoms with Crippen molar-refractivity contribution >= 4 is 37.7 Å². The van der Waals surface area contributed by atoms with Crippen LogP contribution in [-0.4, -0.2) is 25.6 Å². The molecule has 0 aliphatic carbocycles. The smallest absolute Gasteiger partial charge is 0.193 e. The van der Waals surface area contributed by atoms with Gasteiger partial charge in [0.25, 0.3) is 0 Å². The van der Waals surface area contributed by atoms with Crippen molar-refractivity contribution in [2.45, 2.75) is 6.54 Å². The first kappa shape index (κ1) is 10.5. The maximum absolute atomic E-state index is 4.19. The summed E-state index contributed by atoms with van der Waals surface area (Å²) in [6.45, 7) is 0.476. The lowest BCUT2D eigenvalue weighted by atomic mass is 10.4. The molecule has 0 unspecified atom stereocenters. The van der Waals surface area contributed by atoms with Crippen molar-refractivity contribution in [2.75, 3.05) is 5.32 Å². The number of hydrogen-bond acceptors (Lipinski definition) is 5. The van der Waals surface area contributed by atoms with Gasteiger partial charge in [-0.2, -0.15) is 5.21 Å². The number of pyridine rings is 1. The summed E-state index contributed by atoms with van der Waals surface area (Å²) in [6, 6.07) is 1.91. The highest BCUT2D eigenvalue weighted by Gasteiger charge is 2.03. The van der Waals surface area contributed by atoms with Crippen molar-refractivity contribution < 1.29 is 0 Å². The minimum atomic E-state index is 0.476. The Bertz CT molecular complexity index is 443. The second-order valence-electron chi connectivity index (χ2n) is 2.67. The third-order valence-corrected chi connectivity index (χ3v) is 2.65. The average Bonchev–Trinajstić information content (AvgIpc) is 2.69. The van der Waals surface area contributed by atoms with Crippen molar-refractivity contribution in [1.82, 2.24) is 25.6 Å². The molecule has 2 aromatic heterocycles. The maximum Gasteiger partial charge on any atom is 0.193 e. The van der Waals surface area contributed by atoms with Gasteiger partial charge >= 0.3 is 0 Å². The fourth-order valence-electron chi connectivity index (χ4n) is 0.965.